The predicted octanol–water partition coefficient (Wildman–Crippen LogP) is 0.199. The first kappa shape index (κ1) is 13.1. The number of piperidine rings is 1. The highest BCUT2D eigenvalue weighted by Gasteiger charge is 2.49. The molecule has 2 unspecified atom stereocenters. The second-order valence-electron chi connectivity index (χ2n) is 5.89. The van der Waals surface area contributed by atoms with Crippen LogP contribution in [0.5, 0.6) is 0 Å². The summed E-state index contributed by atoms with van der Waals surface area (Å²) in [4.78, 5) is 26.7. The van der Waals surface area contributed by atoms with E-state index in [1.807, 2.05) is 20.8 Å². The van der Waals surface area contributed by atoms with Gasteiger partial charge in [-0.1, -0.05) is 0 Å². The Labute approximate surface area is 106 Å². The van der Waals surface area contributed by atoms with Gasteiger partial charge in [0, 0.05) is 13.1 Å². The molecule has 102 valence electrons. The smallest absolute Gasteiger partial charge is 0.410 e. The fourth-order valence-corrected chi connectivity index (χ4v) is 2.53. The van der Waals surface area contributed by atoms with Gasteiger partial charge in [-0.15, -0.1) is 0 Å². The molecule has 0 aromatic heterocycles. The van der Waals surface area contributed by atoms with Crippen LogP contribution in [0.1, 0.15) is 27.2 Å². The first-order chi connectivity index (χ1) is 8.31. The van der Waals surface area contributed by atoms with Crippen LogP contribution in [0.25, 0.3) is 0 Å². The van der Waals surface area contributed by atoms with Crippen LogP contribution >= 0.6 is 0 Å². The van der Waals surface area contributed by atoms with Crippen molar-refractivity contribution in [3.8, 4) is 0 Å². The van der Waals surface area contributed by atoms with Crippen LogP contribution in [0.4, 0.5) is 4.79 Å². The quantitative estimate of drug-likeness (QED) is 0.727. The van der Waals surface area contributed by atoms with E-state index in [2.05, 4.69) is 0 Å². The Morgan fingerprint density at radius 2 is 1.83 bits per heavy atom. The standard InChI is InChI=1S/C12H20N2O4/c1-12(2,3)18-11(17)14-8-4-9(14)6-13(5-8)10(16)7-15/h8-9,15H,4-7H2,1-3H3. The van der Waals surface area contributed by atoms with Gasteiger partial charge in [-0.05, 0) is 27.2 Å². The van der Waals surface area contributed by atoms with E-state index in [9.17, 15) is 9.59 Å². The molecule has 0 saturated carbocycles. The molecule has 6 nitrogen and oxygen atoms in total. The van der Waals surface area contributed by atoms with E-state index < -0.39 is 12.2 Å². The number of aliphatic hydroxyl groups excluding tert-OH is 1. The van der Waals surface area contributed by atoms with Gasteiger partial charge in [-0.3, -0.25) is 9.69 Å². The van der Waals surface area contributed by atoms with Crippen molar-refractivity contribution in [3.63, 3.8) is 0 Å². The average Bonchev–Trinajstić information content (AvgIpc) is 2.25. The largest absolute Gasteiger partial charge is 0.444 e. The van der Waals surface area contributed by atoms with Gasteiger partial charge >= 0.3 is 6.09 Å². The van der Waals surface area contributed by atoms with Crippen molar-refractivity contribution in [1.82, 2.24) is 9.80 Å². The third kappa shape index (κ3) is 2.43. The Morgan fingerprint density at radius 3 is 2.28 bits per heavy atom. The van der Waals surface area contributed by atoms with Crippen molar-refractivity contribution in [1.29, 1.82) is 0 Å². The molecule has 3 fully saturated rings. The molecule has 2 amide bonds. The molecule has 0 aromatic rings. The Morgan fingerprint density at radius 1 is 1.28 bits per heavy atom. The fraction of sp³-hybridized carbons (Fsp3) is 0.833. The van der Waals surface area contributed by atoms with Crippen LogP contribution < -0.4 is 0 Å². The monoisotopic (exact) mass is 256 g/mol. The summed E-state index contributed by atoms with van der Waals surface area (Å²) in [5, 5.41) is 8.82. The number of amides is 2. The molecule has 1 N–H and O–H groups in total. The molecule has 3 saturated heterocycles. The number of carbonyl (C=O) groups is 2. The number of fused-ring (bicyclic) bond motifs is 2. The van der Waals surface area contributed by atoms with E-state index >= 15 is 0 Å². The highest BCUT2D eigenvalue weighted by atomic mass is 16.6. The average molecular weight is 256 g/mol. The molecule has 3 heterocycles. The lowest BCUT2D eigenvalue weighted by Crippen LogP contribution is -2.71. The lowest BCUT2D eigenvalue weighted by atomic mass is 9.88. The summed E-state index contributed by atoms with van der Waals surface area (Å²) >= 11 is 0. The maximum Gasteiger partial charge on any atom is 0.410 e. The van der Waals surface area contributed by atoms with Crippen LogP contribution in [0.2, 0.25) is 0 Å². The maximum atomic E-state index is 12.0. The van der Waals surface area contributed by atoms with Gasteiger partial charge in [-0.2, -0.15) is 0 Å². The Bertz CT molecular complexity index is 352. The number of carbonyl (C=O) groups excluding carboxylic acids is 2. The number of ether oxygens (including phenoxy) is 1. The van der Waals surface area contributed by atoms with Gasteiger partial charge in [0.25, 0.3) is 0 Å². The van der Waals surface area contributed by atoms with E-state index in [1.165, 1.54) is 0 Å². The summed E-state index contributed by atoms with van der Waals surface area (Å²) in [7, 11) is 0. The number of hydrogen-bond acceptors (Lipinski definition) is 4. The van der Waals surface area contributed by atoms with Crippen molar-refractivity contribution in [2.45, 2.75) is 44.9 Å². The summed E-state index contributed by atoms with van der Waals surface area (Å²) in [6, 6.07) is 0.0724. The molecule has 6 heteroatoms. The topological polar surface area (TPSA) is 70.1 Å². The molecule has 2 atom stereocenters. The van der Waals surface area contributed by atoms with Gasteiger partial charge in [0.1, 0.15) is 12.2 Å². The number of nitrogens with zero attached hydrogens (tertiary/aromatic N) is 2. The molecule has 0 aliphatic carbocycles. The minimum Gasteiger partial charge on any atom is -0.444 e. The molecule has 0 radical (unpaired) electrons. The molecule has 0 aromatic carbocycles. The molecule has 3 aliphatic rings. The maximum absolute atomic E-state index is 12.0. The summed E-state index contributed by atoms with van der Waals surface area (Å²) in [5.41, 5.74) is -0.498. The number of aliphatic hydroxyl groups is 1. The molecule has 0 spiro atoms. The van der Waals surface area contributed by atoms with Crippen molar-refractivity contribution in [2.24, 2.45) is 0 Å². The second-order valence-corrected chi connectivity index (χ2v) is 5.89. The van der Waals surface area contributed by atoms with E-state index in [1.54, 1.807) is 9.80 Å². The zero-order valence-electron chi connectivity index (χ0n) is 11.0. The molecule has 3 aliphatic heterocycles. The predicted molar refractivity (Wildman–Crippen MR) is 63.9 cm³/mol. The molecular formula is C12H20N2O4. The number of rotatable bonds is 1. The Balaban J connectivity index is 1.93. The third-order valence-electron chi connectivity index (χ3n) is 3.29. The molecular weight excluding hydrogens is 236 g/mol. The lowest BCUT2D eigenvalue weighted by molar-refractivity contribution is -0.145. The van der Waals surface area contributed by atoms with Gasteiger partial charge in [0.15, 0.2) is 0 Å². The first-order valence-electron chi connectivity index (χ1n) is 6.22. The molecule has 3 rings (SSSR count). The van der Waals surface area contributed by atoms with Crippen molar-refractivity contribution < 1.29 is 19.4 Å². The number of hydrogen-bond donors (Lipinski definition) is 1. The minimum absolute atomic E-state index is 0.0362. The van der Waals surface area contributed by atoms with Crippen LogP contribution in [0.15, 0.2) is 0 Å². The van der Waals surface area contributed by atoms with E-state index in [4.69, 9.17) is 9.84 Å². The lowest BCUT2D eigenvalue weighted by Gasteiger charge is -2.55. The van der Waals surface area contributed by atoms with Crippen molar-refractivity contribution in [3.05, 3.63) is 0 Å². The van der Waals surface area contributed by atoms with Crippen molar-refractivity contribution in [2.75, 3.05) is 19.7 Å². The zero-order valence-corrected chi connectivity index (χ0v) is 11.0. The molecule has 18 heavy (non-hydrogen) atoms. The van der Waals surface area contributed by atoms with E-state index in [0.717, 1.165) is 6.42 Å². The minimum atomic E-state index is -0.498. The summed E-state index contributed by atoms with van der Waals surface area (Å²) in [6.45, 7) is 6.03. The van der Waals surface area contributed by atoms with Crippen LogP contribution in [0.3, 0.4) is 0 Å². The van der Waals surface area contributed by atoms with Gasteiger partial charge < -0.3 is 14.7 Å². The first-order valence-corrected chi connectivity index (χ1v) is 6.22. The SMILES string of the molecule is CC(C)(C)OC(=O)N1C2CC1CN(C(=O)CO)C2. The second kappa shape index (κ2) is 4.42. The Hall–Kier alpha value is -1.30. The van der Waals surface area contributed by atoms with Crippen LogP contribution in [-0.4, -0.2) is 64.3 Å². The van der Waals surface area contributed by atoms with Crippen LogP contribution in [-0.2, 0) is 9.53 Å². The van der Waals surface area contributed by atoms with E-state index in [-0.39, 0.29) is 24.1 Å². The Kier molecular flexibility index (Phi) is 3.23. The van der Waals surface area contributed by atoms with Gasteiger partial charge in [-0.25, -0.2) is 4.79 Å². The van der Waals surface area contributed by atoms with Gasteiger partial charge in [0.05, 0.1) is 12.1 Å². The molecule has 2 bridgehead atoms. The zero-order chi connectivity index (χ0) is 13.5. The fourth-order valence-electron chi connectivity index (χ4n) is 2.53. The van der Waals surface area contributed by atoms with Gasteiger partial charge in [0.2, 0.25) is 5.91 Å². The highest BCUT2D eigenvalue weighted by Crippen LogP contribution is 2.33. The summed E-state index contributed by atoms with van der Waals surface area (Å²) in [5.74, 6) is -0.270. The van der Waals surface area contributed by atoms with Crippen molar-refractivity contribution >= 4 is 12.0 Å². The number of piperazine rings is 1. The summed E-state index contributed by atoms with van der Waals surface area (Å²) in [6.07, 6.45) is 0.605. The van der Waals surface area contributed by atoms with Crippen LogP contribution in [0, 0.1) is 0 Å². The summed E-state index contributed by atoms with van der Waals surface area (Å²) < 4.78 is 5.33. The highest BCUT2D eigenvalue weighted by molar-refractivity contribution is 5.78. The normalized spacial score (nSPS) is 26.7. The third-order valence-corrected chi connectivity index (χ3v) is 3.29. The van der Waals surface area contributed by atoms with E-state index in [0.29, 0.717) is 13.1 Å².